The van der Waals surface area contributed by atoms with E-state index in [4.69, 9.17) is 5.10 Å². The zero-order chi connectivity index (χ0) is 29.4. The summed E-state index contributed by atoms with van der Waals surface area (Å²) in [5, 5.41) is 9.61. The van der Waals surface area contributed by atoms with Gasteiger partial charge in [-0.05, 0) is 61.0 Å². The third kappa shape index (κ3) is 5.40. The zero-order valence-corrected chi connectivity index (χ0v) is 24.4. The lowest BCUT2D eigenvalue weighted by molar-refractivity contribution is -0.122. The Balaban J connectivity index is 1.29. The minimum absolute atomic E-state index is 0.0955. The first kappa shape index (κ1) is 27.3. The summed E-state index contributed by atoms with van der Waals surface area (Å²) in [4.78, 5) is 49.7. The van der Waals surface area contributed by atoms with Crippen LogP contribution in [0.3, 0.4) is 0 Å². The fraction of sp³-hybridized carbons (Fsp3) is 0.219. The van der Waals surface area contributed by atoms with Gasteiger partial charge in [0.2, 0.25) is 17.8 Å². The monoisotopic (exact) mass is 578 g/mol. The number of nitrogens with zero attached hydrogens (tertiary/aromatic N) is 4. The number of aromatic amines is 1. The molecule has 1 aliphatic rings. The van der Waals surface area contributed by atoms with Crippen LogP contribution in [0, 0.1) is 26.7 Å². The molecule has 0 radical (unpaired) electrons. The molecule has 1 aliphatic heterocycles. The number of hydrogen-bond acceptors (Lipinski definition) is 6. The highest BCUT2D eigenvalue weighted by Gasteiger charge is 2.36. The van der Waals surface area contributed by atoms with Gasteiger partial charge in [0, 0.05) is 36.7 Å². The van der Waals surface area contributed by atoms with Crippen LogP contribution in [-0.2, 0) is 16.0 Å². The van der Waals surface area contributed by atoms with Crippen molar-refractivity contribution in [2.75, 3.05) is 16.8 Å². The van der Waals surface area contributed by atoms with E-state index in [1.165, 1.54) is 16.0 Å². The number of thiophene rings is 1. The highest BCUT2D eigenvalue weighted by atomic mass is 32.1. The molecule has 2 N–H and O–H groups in total. The molecule has 2 aromatic carbocycles. The molecule has 4 heterocycles. The van der Waals surface area contributed by atoms with Crippen LogP contribution in [0.15, 0.2) is 76.9 Å². The van der Waals surface area contributed by atoms with E-state index in [1.54, 1.807) is 17.9 Å². The van der Waals surface area contributed by atoms with Gasteiger partial charge in [0.25, 0.3) is 5.56 Å². The Labute approximate surface area is 246 Å². The number of H-pyrrole nitrogens is 1. The maximum Gasteiger partial charge on any atom is 0.256 e. The lowest BCUT2D eigenvalue weighted by atomic mass is 10.1. The third-order valence-corrected chi connectivity index (χ3v) is 8.56. The van der Waals surface area contributed by atoms with Gasteiger partial charge in [-0.3, -0.25) is 19.4 Å². The number of hydrogen-bond donors (Lipinski definition) is 2. The number of amides is 2. The molecule has 0 spiro atoms. The molecule has 1 unspecified atom stereocenters. The summed E-state index contributed by atoms with van der Waals surface area (Å²) in [5.74, 6) is -0.379. The average molecular weight is 579 g/mol. The van der Waals surface area contributed by atoms with Crippen molar-refractivity contribution in [1.82, 2.24) is 19.7 Å². The highest BCUT2D eigenvalue weighted by molar-refractivity contribution is 7.13. The van der Waals surface area contributed by atoms with Crippen molar-refractivity contribution in [1.29, 1.82) is 0 Å². The van der Waals surface area contributed by atoms with Crippen molar-refractivity contribution >= 4 is 34.7 Å². The molecule has 0 saturated carbocycles. The summed E-state index contributed by atoms with van der Waals surface area (Å²) in [6.45, 7) is 6.10. The third-order valence-electron chi connectivity index (χ3n) is 7.67. The quantitative estimate of drug-likeness (QED) is 0.276. The van der Waals surface area contributed by atoms with E-state index >= 15 is 0 Å². The molecule has 9 nitrogen and oxygen atoms in total. The van der Waals surface area contributed by atoms with Gasteiger partial charge in [-0.1, -0.05) is 42.5 Å². The van der Waals surface area contributed by atoms with Crippen LogP contribution in [0.4, 0.5) is 11.5 Å². The normalized spacial score (nSPS) is 14.9. The van der Waals surface area contributed by atoms with E-state index in [-0.39, 0.29) is 36.3 Å². The van der Waals surface area contributed by atoms with Gasteiger partial charge in [-0.2, -0.15) is 9.78 Å². The van der Waals surface area contributed by atoms with Crippen molar-refractivity contribution in [3.05, 3.63) is 110 Å². The second-order valence-corrected chi connectivity index (χ2v) is 11.5. The molecule has 10 heteroatoms. The first-order valence-corrected chi connectivity index (χ1v) is 14.6. The van der Waals surface area contributed by atoms with Crippen LogP contribution in [-0.4, -0.2) is 38.1 Å². The predicted molar refractivity (Wildman–Crippen MR) is 164 cm³/mol. The van der Waals surface area contributed by atoms with Crippen molar-refractivity contribution in [2.45, 2.75) is 33.6 Å². The number of aryl methyl sites for hydroxylation is 3. The zero-order valence-electron chi connectivity index (χ0n) is 23.5. The van der Waals surface area contributed by atoms with Gasteiger partial charge in [0.1, 0.15) is 11.5 Å². The summed E-state index contributed by atoms with van der Waals surface area (Å²) in [5.41, 5.74) is 5.54. The Morgan fingerprint density at radius 3 is 2.55 bits per heavy atom. The van der Waals surface area contributed by atoms with E-state index in [9.17, 15) is 14.4 Å². The molecular formula is C32H30N6O3S. The van der Waals surface area contributed by atoms with E-state index in [1.807, 2.05) is 79.9 Å². The molecule has 6 rings (SSSR count). The first-order valence-electron chi connectivity index (χ1n) is 13.7. The fourth-order valence-corrected chi connectivity index (χ4v) is 5.82. The largest absolute Gasteiger partial charge is 0.312 e. The van der Waals surface area contributed by atoms with Crippen LogP contribution >= 0.6 is 11.3 Å². The number of rotatable bonds is 7. The standard InChI is InChI=1S/C32H30N6O3S/c1-19-11-12-24(14-20(19)2)37-18-23(16-29(37)39)30(40)34-28-17-26(27-10-7-13-42-27)36-38(28)32-33-21(3)25(31(41)35-32)15-22-8-5-4-6-9-22/h4-14,17,23H,15-16,18H2,1-3H3,(H,34,40)(H,33,35,41). The lowest BCUT2D eigenvalue weighted by Gasteiger charge is -2.18. The molecule has 5 aromatic rings. The summed E-state index contributed by atoms with van der Waals surface area (Å²) >= 11 is 1.52. The molecule has 0 bridgehead atoms. The van der Waals surface area contributed by atoms with Gasteiger partial charge in [-0.15, -0.1) is 11.3 Å². The summed E-state index contributed by atoms with van der Waals surface area (Å²) in [7, 11) is 0. The lowest BCUT2D eigenvalue weighted by Crippen LogP contribution is -2.29. The maximum absolute atomic E-state index is 13.5. The smallest absolute Gasteiger partial charge is 0.256 e. The van der Waals surface area contributed by atoms with Crippen LogP contribution in [0.5, 0.6) is 0 Å². The number of benzene rings is 2. The minimum atomic E-state index is -0.547. The summed E-state index contributed by atoms with van der Waals surface area (Å²) < 4.78 is 1.45. The highest BCUT2D eigenvalue weighted by Crippen LogP contribution is 2.30. The Bertz CT molecular complexity index is 1840. The van der Waals surface area contributed by atoms with Gasteiger partial charge in [0.15, 0.2) is 0 Å². The Hall–Kier alpha value is -4.83. The second-order valence-electron chi connectivity index (χ2n) is 10.6. The van der Waals surface area contributed by atoms with E-state index < -0.39 is 5.92 Å². The predicted octanol–water partition coefficient (Wildman–Crippen LogP) is 5.19. The number of nitrogens with one attached hydrogen (secondary N) is 2. The molecule has 212 valence electrons. The minimum Gasteiger partial charge on any atom is -0.312 e. The van der Waals surface area contributed by atoms with Gasteiger partial charge < -0.3 is 10.2 Å². The Morgan fingerprint density at radius 2 is 1.83 bits per heavy atom. The van der Waals surface area contributed by atoms with Crippen molar-refractivity contribution in [3.63, 3.8) is 0 Å². The Kier molecular flexibility index (Phi) is 7.30. The number of anilines is 2. The van der Waals surface area contributed by atoms with Gasteiger partial charge in [0.05, 0.1) is 16.5 Å². The SMILES string of the molecule is Cc1ccc(N2CC(C(=O)Nc3cc(-c4cccs4)nn3-c3nc(C)c(Cc4ccccc4)c(=O)[nH]3)CC2=O)cc1C. The van der Waals surface area contributed by atoms with E-state index in [0.29, 0.717) is 29.2 Å². The Morgan fingerprint density at radius 1 is 1.02 bits per heavy atom. The molecule has 1 saturated heterocycles. The molecule has 42 heavy (non-hydrogen) atoms. The number of carbonyl (C=O) groups excluding carboxylic acids is 2. The van der Waals surface area contributed by atoms with Crippen molar-refractivity contribution in [2.24, 2.45) is 5.92 Å². The van der Waals surface area contributed by atoms with Crippen LogP contribution < -0.4 is 15.8 Å². The average Bonchev–Trinajstić information content (AvgIpc) is 3.73. The van der Waals surface area contributed by atoms with Gasteiger partial charge >= 0.3 is 0 Å². The second kappa shape index (κ2) is 11.2. The molecule has 0 aliphatic carbocycles. The topological polar surface area (TPSA) is 113 Å². The maximum atomic E-state index is 13.5. The molecule has 1 fully saturated rings. The van der Waals surface area contributed by atoms with Gasteiger partial charge in [-0.25, -0.2) is 4.98 Å². The van der Waals surface area contributed by atoms with Crippen LogP contribution in [0.25, 0.3) is 16.5 Å². The van der Waals surface area contributed by atoms with Crippen molar-refractivity contribution in [3.8, 4) is 16.5 Å². The fourth-order valence-electron chi connectivity index (χ4n) is 5.13. The van der Waals surface area contributed by atoms with E-state index in [0.717, 1.165) is 27.3 Å². The van der Waals surface area contributed by atoms with Crippen LogP contribution in [0.1, 0.15) is 34.4 Å². The summed E-state index contributed by atoms with van der Waals surface area (Å²) in [6, 6.07) is 21.2. The number of aromatic nitrogens is 4. The number of carbonyl (C=O) groups is 2. The molecule has 3 aromatic heterocycles. The summed E-state index contributed by atoms with van der Waals surface area (Å²) in [6.07, 6.45) is 0.554. The first-order chi connectivity index (χ1) is 20.3. The molecule has 2 amide bonds. The molecule has 1 atom stereocenters. The van der Waals surface area contributed by atoms with E-state index in [2.05, 4.69) is 15.3 Å². The van der Waals surface area contributed by atoms with Crippen molar-refractivity contribution < 1.29 is 9.59 Å². The molecular weight excluding hydrogens is 548 g/mol. The van der Waals surface area contributed by atoms with Crippen LogP contribution in [0.2, 0.25) is 0 Å².